The van der Waals surface area contributed by atoms with Crippen LogP contribution in [0.4, 0.5) is 4.79 Å². The minimum absolute atomic E-state index is 0.138. The fourth-order valence-electron chi connectivity index (χ4n) is 2.74. The summed E-state index contributed by atoms with van der Waals surface area (Å²) in [4.78, 5) is 13.8. The van der Waals surface area contributed by atoms with Gasteiger partial charge >= 0.3 is 6.09 Å². The second kappa shape index (κ2) is 5.89. The SMILES string of the molecule is CCC1C(OC(=O)N2CCC(C)C2)COC1OC. The molecule has 2 aliphatic rings. The summed E-state index contributed by atoms with van der Waals surface area (Å²) in [5.41, 5.74) is 0. The van der Waals surface area contributed by atoms with Gasteiger partial charge in [0.2, 0.25) is 0 Å². The van der Waals surface area contributed by atoms with Gasteiger partial charge in [-0.3, -0.25) is 0 Å². The van der Waals surface area contributed by atoms with Crippen LogP contribution in [-0.2, 0) is 14.2 Å². The van der Waals surface area contributed by atoms with Gasteiger partial charge in [0.1, 0.15) is 6.10 Å². The van der Waals surface area contributed by atoms with Crippen molar-refractivity contribution in [1.29, 1.82) is 0 Å². The Morgan fingerprint density at radius 2 is 2.28 bits per heavy atom. The molecule has 0 radical (unpaired) electrons. The lowest BCUT2D eigenvalue weighted by molar-refractivity contribution is -0.111. The van der Waals surface area contributed by atoms with Gasteiger partial charge in [0, 0.05) is 26.1 Å². The number of likely N-dealkylation sites (tertiary alicyclic amines) is 1. The lowest BCUT2D eigenvalue weighted by atomic mass is 10.0. The van der Waals surface area contributed by atoms with Crippen molar-refractivity contribution in [3.63, 3.8) is 0 Å². The first-order valence-corrected chi connectivity index (χ1v) is 6.75. The number of carbonyl (C=O) groups is 1. The molecule has 5 heteroatoms. The maximum atomic E-state index is 12.0. The first-order chi connectivity index (χ1) is 8.65. The lowest BCUT2D eigenvalue weighted by Crippen LogP contribution is -2.36. The summed E-state index contributed by atoms with van der Waals surface area (Å²) < 4.78 is 16.3. The molecule has 1 amide bonds. The van der Waals surface area contributed by atoms with Gasteiger partial charge in [0.05, 0.1) is 6.61 Å². The fraction of sp³-hybridized carbons (Fsp3) is 0.923. The quantitative estimate of drug-likeness (QED) is 0.774. The zero-order chi connectivity index (χ0) is 13.1. The van der Waals surface area contributed by atoms with Crippen LogP contribution < -0.4 is 0 Å². The third-order valence-corrected chi connectivity index (χ3v) is 3.89. The molecule has 2 heterocycles. The van der Waals surface area contributed by atoms with Crippen LogP contribution >= 0.6 is 0 Å². The minimum Gasteiger partial charge on any atom is -0.443 e. The standard InChI is InChI=1S/C13H23NO4/c1-4-10-11(8-17-12(10)16-3)18-13(15)14-6-5-9(2)7-14/h9-12H,4-8H2,1-3H3. The predicted molar refractivity (Wildman–Crippen MR) is 66.2 cm³/mol. The number of hydrogen-bond donors (Lipinski definition) is 0. The maximum Gasteiger partial charge on any atom is 0.410 e. The summed E-state index contributed by atoms with van der Waals surface area (Å²) >= 11 is 0. The normalized spacial score (nSPS) is 36.1. The van der Waals surface area contributed by atoms with Crippen molar-refractivity contribution in [2.75, 3.05) is 26.8 Å². The molecule has 4 unspecified atom stereocenters. The zero-order valence-corrected chi connectivity index (χ0v) is 11.4. The van der Waals surface area contributed by atoms with E-state index < -0.39 is 0 Å². The Balaban J connectivity index is 1.87. The van der Waals surface area contributed by atoms with Gasteiger partial charge in [-0.2, -0.15) is 0 Å². The van der Waals surface area contributed by atoms with Gasteiger partial charge in [-0.05, 0) is 18.8 Å². The average molecular weight is 257 g/mol. The van der Waals surface area contributed by atoms with Crippen molar-refractivity contribution in [3.8, 4) is 0 Å². The summed E-state index contributed by atoms with van der Waals surface area (Å²) in [5, 5.41) is 0. The van der Waals surface area contributed by atoms with E-state index in [2.05, 4.69) is 13.8 Å². The molecule has 0 bridgehead atoms. The van der Waals surface area contributed by atoms with Crippen LogP contribution in [0.25, 0.3) is 0 Å². The van der Waals surface area contributed by atoms with E-state index >= 15 is 0 Å². The van der Waals surface area contributed by atoms with E-state index in [0.29, 0.717) is 12.5 Å². The number of hydrogen-bond acceptors (Lipinski definition) is 4. The Morgan fingerprint density at radius 3 is 2.83 bits per heavy atom. The van der Waals surface area contributed by atoms with Gasteiger partial charge in [0.25, 0.3) is 0 Å². The van der Waals surface area contributed by atoms with E-state index in [-0.39, 0.29) is 24.4 Å². The van der Waals surface area contributed by atoms with Crippen LogP contribution in [0.2, 0.25) is 0 Å². The zero-order valence-electron chi connectivity index (χ0n) is 11.4. The molecule has 0 aliphatic carbocycles. The minimum atomic E-state index is -0.245. The van der Waals surface area contributed by atoms with Crippen molar-refractivity contribution in [1.82, 2.24) is 4.90 Å². The molecule has 0 N–H and O–H groups in total. The van der Waals surface area contributed by atoms with E-state index in [9.17, 15) is 4.79 Å². The molecule has 0 saturated carbocycles. The van der Waals surface area contributed by atoms with Crippen LogP contribution in [0.5, 0.6) is 0 Å². The number of rotatable bonds is 3. The molecule has 2 rings (SSSR count). The van der Waals surface area contributed by atoms with Crippen LogP contribution in [0.1, 0.15) is 26.7 Å². The lowest BCUT2D eigenvalue weighted by Gasteiger charge is -2.23. The predicted octanol–water partition coefficient (Wildman–Crippen LogP) is 1.86. The molecule has 0 aromatic carbocycles. The Morgan fingerprint density at radius 1 is 1.50 bits per heavy atom. The third kappa shape index (κ3) is 2.78. The molecular formula is C13H23NO4. The van der Waals surface area contributed by atoms with E-state index in [4.69, 9.17) is 14.2 Å². The molecule has 4 atom stereocenters. The second-order valence-electron chi connectivity index (χ2n) is 5.27. The molecule has 18 heavy (non-hydrogen) atoms. The van der Waals surface area contributed by atoms with Gasteiger partial charge in [-0.15, -0.1) is 0 Å². The van der Waals surface area contributed by atoms with Crippen LogP contribution in [0, 0.1) is 11.8 Å². The van der Waals surface area contributed by atoms with E-state index in [1.54, 1.807) is 12.0 Å². The number of amides is 1. The monoisotopic (exact) mass is 257 g/mol. The first kappa shape index (κ1) is 13.6. The fourth-order valence-corrected chi connectivity index (χ4v) is 2.74. The smallest absolute Gasteiger partial charge is 0.410 e. The highest BCUT2D eigenvalue weighted by molar-refractivity contribution is 5.68. The van der Waals surface area contributed by atoms with Crippen molar-refractivity contribution in [2.45, 2.75) is 39.1 Å². The number of nitrogens with zero attached hydrogens (tertiary/aromatic N) is 1. The third-order valence-electron chi connectivity index (χ3n) is 3.89. The molecule has 2 saturated heterocycles. The molecule has 5 nitrogen and oxygen atoms in total. The Bertz CT molecular complexity index is 297. The summed E-state index contributed by atoms with van der Waals surface area (Å²) in [7, 11) is 1.62. The highest BCUT2D eigenvalue weighted by Gasteiger charge is 2.39. The largest absolute Gasteiger partial charge is 0.443 e. The topological polar surface area (TPSA) is 48.0 Å². The molecular weight excluding hydrogens is 234 g/mol. The van der Waals surface area contributed by atoms with Crippen molar-refractivity contribution in [2.24, 2.45) is 11.8 Å². The summed E-state index contributed by atoms with van der Waals surface area (Å²) in [6, 6.07) is 0. The van der Waals surface area contributed by atoms with Gasteiger partial charge in [-0.25, -0.2) is 4.79 Å². The Kier molecular flexibility index (Phi) is 4.45. The Labute approximate surface area is 108 Å². The number of methoxy groups -OCH3 is 1. The van der Waals surface area contributed by atoms with E-state index in [1.807, 2.05) is 0 Å². The van der Waals surface area contributed by atoms with Gasteiger partial charge < -0.3 is 19.1 Å². The molecule has 104 valence electrons. The second-order valence-corrected chi connectivity index (χ2v) is 5.27. The maximum absolute atomic E-state index is 12.0. The van der Waals surface area contributed by atoms with Gasteiger partial charge in [0.15, 0.2) is 6.29 Å². The van der Waals surface area contributed by atoms with E-state index in [1.165, 1.54) is 0 Å². The highest BCUT2D eigenvalue weighted by Crippen LogP contribution is 2.28. The highest BCUT2D eigenvalue weighted by atomic mass is 16.7. The van der Waals surface area contributed by atoms with E-state index in [0.717, 1.165) is 25.9 Å². The average Bonchev–Trinajstić information content (AvgIpc) is 2.95. The number of carbonyl (C=O) groups excluding carboxylic acids is 1. The molecule has 0 aromatic heterocycles. The summed E-state index contributed by atoms with van der Waals surface area (Å²) in [6.07, 6.45) is 1.32. The molecule has 0 spiro atoms. The molecule has 2 aliphatic heterocycles. The summed E-state index contributed by atoms with van der Waals surface area (Å²) in [5.74, 6) is 0.713. The van der Waals surface area contributed by atoms with Crippen molar-refractivity contribution < 1.29 is 19.0 Å². The first-order valence-electron chi connectivity index (χ1n) is 6.75. The van der Waals surface area contributed by atoms with Crippen molar-refractivity contribution >= 4 is 6.09 Å². The Hall–Kier alpha value is -0.810. The van der Waals surface area contributed by atoms with Crippen LogP contribution in [-0.4, -0.2) is 50.2 Å². The molecule has 0 aromatic rings. The van der Waals surface area contributed by atoms with Crippen molar-refractivity contribution in [3.05, 3.63) is 0 Å². The van der Waals surface area contributed by atoms with Gasteiger partial charge in [-0.1, -0.05) is 13.8 Å². The number of ether oxygens (including phenoxy) is 3. The summed E-state index contributed by atoms with van der Waals surface area (Å²) in [6.45, 7) is 6.26. The van der Waals surface area contributed by atoms with Crippen LogP contribution in [0.3, 0.4) is 0 Å². The molecule has 2 fully saturated rings. The van der Waals surface area contributed by atoms with Crippen LogP contribution in [0.15, 0.2) is 0 Å².